The van der Waals surface area contributed by atoms with Crippen LogP contribution in [0.4, 0.5) is 11.6 Å². The summed E-state index contributed by atoms with van der Waals surface area (Å²) in [5.74, 6) is 1.41. The Kier molecular flexibility index (Phi) is 7.81. The molecule has 176 valence electrons. The monoisotopic (exact) mass is 583 g/mol. The van der Waals surface area contributed by atoms with E-state index in [2.05, 4.69) is 36.5 Å². The maximum atomic E-state index is 13.1. The van der Waals surface area contributed by atoms with Gasteiger partial charge in [-0.2, -0.15) is 9.97 Å². The predicted octanol–water partition coefficient (Wildman–Crippen LogP) is 4.68. The number of rotatable bonds is 9. The van der Waals surface area contributed by atoms with Crippen LogP contribution >= 0.6 is 30.3 Å². The van der Waals surface area contributed by atoms with Gasteiger partial charge in [-0.3, -0.25) is 8.77 Å². The third-order valence-electron chi connectivity index (χ3n) is 5.52. The summed E-state index contributed by atoms with van der Waals surface area (Å²) in [6.07, 6.45) is 3.87. The molecule has 1 aliphatic heterocycles. The first-order valence-electron chi connectivity index (χ1n) is 10.7. The van der Waals surface area contributed by atoms with Crippen molar-refractivity contribution < 1.29 is 19.0 Å². The lowest BCUT2D eigenvalue weighted by Crippen LogP contribution is -2.38. The molecule has 0 aliphatic carbocycles. The molecule has 11 heteroatoms. The van der Waals surface area contributed by atoms with Crippen LogP contribution in [-0.4, -0.2) is 64.8 Å². The number of carbonyl (C=O) groups is 1. The van der Waals surface area contributed by atoms with Crippen molar-refractivity contribution in [1.82, 2.24) is 18.8 Å². The SMILES string of the molecule is CCOc1nc(Nc2ccc(C(=O)N3CCC[C@H]3COC)cc2OC)nc2c1ccn2SI. The fourth-order valence-corrected chi connectivity index (χ4v) is 5.27. The number of nitrogens with zero attached hydrogens (tertiary/aromatic N) is 4. The molecule has 0 unspecified atom stereocenters. The quantitative estimate of drug-likeness (QED) is 0.364. The van der Waals surface area contributed by atoms with E-state index in [0.717, 1.165) is 30.4 Å². The van der Waals surface area contributed by atoms with Gasteiger partial charge in [-0.15, -0.1) is 0 Å². The predicted molar refractivity (Wildman–Crippen MR) is 138 cm³/mol. The number of fused-ring (bicyclic) bond motifs is 1. The summed E-state index contributed by atoms with van der Waals surface area (Å²) >= 11 is 2.20. The molecule has 1 fully saturated rings. The van der Waals surface area contributed by atoms with E-state index >= 15 is 0 Å². The molecule has 33 heavy (non-hydrogen) atoms. The molecule has 4 rings (SSSR count). The van der Waals surface area contributed by atoms with Crippen LogP contribution in [0.25, 0.3) is 11.0 Å². The lowest BCUT2D eigenvalue weighted by atomic mass is 10.1. The number of likely N-dealkylation sites (tertiary alicyclic amines) is 1. The summed E-state index contributed by atoms with van der Waals surface area (Å²) < 4.78 is 18.6. The minimum atomic E-state index is -0.0207. The second-order valence-electron chi connectivity index (χ2n) is 7.52. The summed E-state index contributed by atoms with van der Waals surface area (Å²) in [6, 6.07) is 7.40. The molecule has 1 atom stereocenters. The third-order valence-corrected chi connectivity index (χ3v) is 7.24. The lowest BCUT2D eigenvalue weighted by molar-refractivity contribution is 0.0630. The smallest absolute Gasteiger partial charge is 0.254 e. The molecule has 1 saturated heterocycles. The molecular weight excluding hydrogens is 557 g/mol. The van der Waals surface area contributed by atoms with Gasteiger partial charge in [0, 0.05) is 55.7 Å². The highest BCUT2D eigenvalue weighted by molar-refractivity contribution is 14.2. The number of amides is 1. The van der Waals surface area contributed by atoms with Crippen LogP contribution in [0.1, 0.15) is 30.1 Å². The lowest BCUT2D eigenvalue weighted by Gasteiger charge is -2.24. The van der Waals surface area contributed by atoms with Gasteiger partial charge in [0.2, 0.25) is 11.8 Å². The summed E-state index contributed by atoms with van der Waals surface area (Å²) in [4.78, 5) is 24.2. The first-order chi connectivity index (χ1) is 16.1. The van der Waals surface area contributed by atoms with Gasteiger partial charge >= 0.3 is 0 Å². The minimum Gasteiger partial charge on any atom is -0.495 e. The zero-order valence-corrected chi connectivity index (χ0v) is 21.7. The normalized spacial score (nSPS) is 15.8. The fraction of sp³-hybridized carbons (Fsp3) is 0.409. The molecule has 1 aliphatic rings. The van der Waals surface area contributed by atoms with E-state index in [1.807, 2.05) is 34.1 Å². The van der Waals surface area contributed by atoms with Gasteiger partial charge in [0.15, 0.2) is 5.65 Å². The van der Waals surface area contributed by atoms with Crippen molar-refractivity contribution in [3.8, 4) is 11.6 Å². The Morgan fingerprint density at radius 2 is 2.15 bits per heavy atom. The number of methoxy groups -OCH3 is 2. The molecular formula is C22H26IN5O4S. The van der Waals surface area contributed by atoms with Crippen molar-refractivity contribution >= 4 is 58.9 Å². The highest BCUT2D eigenvalue weighted by Gasteiger charge is 2.29. The third kappa shape index (κ3) is 4.99. The second-order valence-corrected chi connectivity index (χ2v) is 9.24. The van der Waals surface area contributed by atoms with Gasteiger partial charge in [0.25, 0.3) is 5.91 Å². The Balaban J connectivity index is 1.62. The minimum absolute atomic E-state index is 0.0207. The van der Waals surface area contributed by atoms with E-state index in [-0.39, 0.29) is 11.9 Å². The Hall–Kier alpha value is -2.25. The molecule has 0 saturated carbocycles. The van der Waals surface area contributed by atoms with E-state index in [0.29, 0.717) is 42.0 Å². The summed E-state index contributed by atoms with van der Waals surface area (Å²) in [7, 11) is 4.75. The molecule has 1 aromatic carbocycles. The van der Waals surface area contributed by atoms with Crippen LogP contribution in [0.15, 0.2) is 30.5 Å². The molecule has 1 N–H and O–H groups in total. The Bertz CT molecular complexity index is 1140. The molecule has 0 spiro atoms. The van der Waals surface area contributed by atoms with Gasteiger partial charge in [-0.05, 0) is 44.0 Å². The molecule has 9 nitrogen and oxygen atoms in total. The topological polar surface area (TPSA) is 90.7 Å². The highest BCUT2D eigenvalue weighted by atomic mass is 127. The first kappa shape index (κ1) is 23.9. The first-order valence-corrected chi connectivity index (χ1v) is 14.0. The maximum Gasteiger partial charge on any atom is 0.254 e. The molecule has 3 heterocycles. The van der Waals surface area contributed by atoms with Crippen molar-refractivity contribution in [3.63, 3.8) is 0 Å². The summed E-state index contributed by atoms with van der Waals surface area (Å²) in [5.41, 5.74) is 1.98. The van der Waals surface area contributed by atoms with Gasteiger partial charge < -0.3 is 24.4 Å². The van der Waals surface area contributed by atoms with Crippen molar-refractivity contribution in [2.75, 3.05) is 39.3 Å². The summed E-state index contributed by atoms with van der Waals surface area (Å²) in [6.45, 7) is 3.69. The number of aromatic nitrogens is 3. The Morgan fingerprint density at radius 3 is 2.88 bits per heavy atom. The van der Waals surface area contributed by atoms with Crippen LogP contribution in [0.2, 0.25) is 0 Å². The average molecular weight is 583 g/mol. The van der Waals surface area contributed by atoms with E-state index in [4.69, 9.17) is 14.2 Å². The standard InChI is InChI=1S/C22H26IN5O4S/c1-4-32-20-16-9-11-28(33-23)19(16)25-22(26-20)24-17-8-7-14(12-18(17)31-3)21(29)27-10-5-6-15(27)13-30-2/h7-9,11-12,15H,4-6,10,13H2,1-3H3,(H,24,25,26)/t15-/m0/s1. The van der Waals surface area contributed by atoms with Gasteiger partial charge in [0.1, 0.15) is 5.75 Å². The fourth-order valence-electron chi connectivity index (χ4n) is 4.01. The summed E-state index contributed by atoms with van der Waals surface area (Å²) in [5, 5.41) is 4.07. The number of carbonyl (C=O) groups excluding carboxylic acids is 1. The average Bonchev–Trinajstić information content (AvgIpc) is 3.46. The maximum absolute atomic E-state index is 13.1. The molecule has 3 aromatic rings. The zero-order valence-electron chi connectivity index (χ0n) is 18.7. The van der Waals surface area contributed by atoms with Crippen LogP contribution in [0, 0.1) is 0 Å². The van der Waals surface area contributed by atoms with E-state index in [1.54, 1.807) is 26.4 Å². The van der Waals surface area contributed by atoms with E-state index in [9.17, 15) is 4.79 Å². The zero-order chi connectivity index (χ0) is 23.4. The van der Waals surface area contributed by atoms with Crippen LogP contribution in [0.5, 0.6) is 11.6 Å². The second kappa shape index (κ2) is 10.8. The number of benzene rings is 1. The van der Waals surface area contributed by atoms with Gasteiger partial charge in [-0.25, -0.2) is 0 Å². The van der Waals surface area contributed by atoms with Gasteiger partial charge in [0.05, 0.1) is 37.4 Å². The van der Waals surface area contributed by atoms with Crippen LogP contribution < -0.4 is 14.8 Å². The van der Waals surface area contributed by atoms with Crippen molar-refractivity contribution in [1.29, 1.82) is 0 Å². The molecule has 0 radical (unpaired) electrons. The molecule has 0 bridgehead atoms. The Labute approximate surface area is 208 Å². The molecule has 1 amide bonds. The number of hydrogen-bond donors (Lipinski definition) is 1. The van der Waals surface area contributed by atoms with Crippen molar-refractivity contribution in [2.24, 2.45) is 0 Å². The number of ether oxygens (including phenoxy) is 3. The van der Waals surface area contributed by atoms with Crippen LogP contribution in [0.3, 0.4) is 0 Å². The number of halogens is 1. The number of anilines is 2. The van der Waals surface area contributed by atoms with Crippen LogP contribution in [-0.2, 0) is 4.74 Å². The number of hydrogen-bond acceptors (Lipinski definition) is 8. The van der Waals surface area contributed by atoms with E-state index < -0.39 is 0 Å². The molecule has 2 aromatic heterocycles. The van der Waals surface area contributed by atoms with Crippen molar-refractivity contribution in [3.05, 3.63) is 36.0 Å². The highest BCUT2D eigenvalue weighted by Crippen LogP contribution is 2.33. The number of nitrogens with one attached hydrogen (secondary N) is 1. The van der Waals surface area contributed by atoms with Crippen molar-refractivity contribution in [2.45, 2.75) is 25.8 Å². The van der Waals surface area contributed by atoms with E-state index in [1.165, 1.54) is 9.12 Å². The Morgan fingerprint density at radius 1 is 1.30 bits per heavy atom. The largest absolute Gasteiger partial charge is 0.495 e. The van der Waals surface area contributed by atoms with Gasteiger partial charge in [-0.1, -0.05) is 0 Å².